The largest absolute Gasteiger partial charge is 0.457 e. The second-order valence-electron chi connectivity index (χ2n) is 6.49. The SMILES string of the molecule is CCc1ccccc1Oc1ccc(N)c(CC2CO2)c1CC1CO1. The summed E-state index contributed by atoms with van der Waals surface area (Å²) in [6, 6.07) is 12.1. The van der Waals surface area contributed by atoms with Crippen molar-refractivity contribution in [3.63, 3.8) is 0 Å². The van der Waals surface area contributed by atoms with Gasteiger partial charge < -0.3 is 19.9 Å². The number of benzene rings is 2. The number of hydrogen-bond donors (Lipinski definition) is 1. The molecule has 2 unspecified atom stereocenters. The lowest BCUT2D eigenvalue weighted by Crippen LogP contribution is -2.08. The zero-order chi connectivity index (χ0) is 16.5. The van der Waals surface area contributed by atoms with Crippen molar-refractivity contribution >= 4 is 5.69 Å². The molecule has 126 valence electrons. The van der Waals surface area contributed by atoms with Crippen LogP contribution >= 0.6 is 0 Å². The molecule has 2 aromatic rings. The van der Waals surface area contributed by atoms with Gasteiger partial charge in [-0.2, -0.15) is 0 Å². The average molecular weight is 325 g/mol. The van der Waals surface area contributed by atoms with Crippen LogP contribution in [0.3, 0.4) is 0 Å². The first-order chi connectivity index (χ1) is 11.7. The molecular weight excluding hydrogens is 302 g/mol. The Morgan fingerprint density at radius 1 is 0.958 bits per heavy atom. The summed E-state index contributed by atoms with van der Waals surface area (Å²) in [5.74, 6) is 1.80. The van der Waals surface area contributed by atoms with E-state index in [0.29, 0.717) is 6.10 Å². The van der Waals surface area contributed by atoms with E-state index in [1.165, 1.54) is 11.1 Å². The molecule has 0 saturated carbocycles. The zero-order valence-electron chi connectivity index (χ0n) is 14.0. The van der Waals surface area contributed by atoms with Gasteiger partial charge in [-0.15, -0.1) is 0 Å². The topological polar surface area (TPSA) is 60.3 Å². The van der Waals surface area contributed by atoms with Gasteiger partial charge in [0.15, 0.2) is 0 Å². The third kappa shape index (κ3) is 3.40. The first kappa shape index (κ1) is 15.5. The molecule has 2 heterocycles. The van der Waals surface area contributed by atoms with E-state index < -0.39 is 0 Å². The maximum atomic E-state index is 6.31. The number of hydrogen-bond acceptors (Lipinski definition) is 4. The van der Waals surface area contributed by atoms with Crippen LogP contribution in [0.25, 0.3) is 0 Å². The van der Waals surface area contributed by atoms with Gasteiger partial charge in [-0.25, -0.2) is 0 Å². The third-order valence-electron chi connectivity index (χ3n) is 4.67. The zero-order valence-corrected chi connectivity index (χ0v) is 14.0. The van der Waals surface area contributed by atoms with E-state index in [2.05, 4.69) is 13.0 Å². The third-order valence-corrected chi connectivity index (χ3v) is 4.67. The summed E-state index contributed by atoms with van der Waals surface area (Å²) in [5.41, 5.74) is 10.6. The molecule has 4 rings (SSSR count). The minimum absolute atomic E-state index is 0.287. The normalized spacial score (nSPS) is 21.5. The van der Waals surface area contributed by atoms with E-state index in [1.54, 1.807) is 0 Å². The molecule has 0 radical (unpaired) electrons. The fraction of sp³-hybridized carbons (Fsp3) is 0.400. The Balaban J connectivity index is 1.70. The predicted molar refractivity (Wildman–Crippen MR) is 93.6 cm³/mol. The highest BCUT2D eigenvalue weighted by Gasteiger charge is 2.30. The number of nitrogens with two attached hydrogens (primary N) is 1. The number of ether oxygens (including phenoxy) is 3. The minimum atomic E-state index is 0.287. The standard InChI is InChI=1S/C20H23NO3/c1-2-13-5-3-4-6-19(13)24-20-8-7-18(21)16(9-14-11-22-14)17(20)10-15-12-23-15/h3-8,14-15H,2,9-12,21H2,1H3. The lowest BCUT2D eigenvalue weighted by Gasteiger charge is -2.18. The first-order valence-electron chi connectivity index (χ1n) is 8.63. The molecule has 0 bridgehead atoms. The highest BCUT2D eigenvalue weighted by Crippen LogP contribution is 2.37. The number of anilines is 1. The summed E-state index contributed by atoms with van der Waals surface area (Å²) in [4.78, 5) is 0. The number of aryl methyl sites for hydroxylation is 1. The maximum absolute atomic E-state index is 6.31. The lowest BCUT2D eigenvalue weighted by atomic mass is 9.96. The summed E-state index contributed by atoms with van der Waals surface area (Å²) < 4.78 is 17.2. The molecule has 2 atom stereocenters. The van der Waals surface area contributed by atoms with Gasteiger partial charge in [0.25, 0.3) is 0 Å². The molecule has 4 heteroatoms. The van der Waals surface area contributed by atoms with Gasteiger partial charge in [0.2, 0.25) is 0 Å². The van der Waals surface area contributed by atoms with Crippen LogP contribution in [0.15, 0.2) is 36.4 Å². The van der Waals surface area contributed by atoms with E-state index >= 15 is 0 Å². The second kappa shape index (κ2) is 6.46. The summed E-state index contributed by atoms with van der Waals surface area (Å²) in [7, 11) is 0. The molecule has 2 aliphatic heterocycles. The second-order valence-corrected chi connectivity index (χ2v) is 6.49. The van der Waals surface area contributed by atoms with Crippen LogP contribution in [-0.2, 0) is 28.7 Å². The van der Waals surface area contributed by atoms with Crippen molar-refractivity contribution in [3.8, 4) is 11.5 Å². The average Bonchev–Trinajstić information content (AvgIpc) is 3.49. The fourth-order valence-electron chi connectivity index (χ4n) is 3.09. The van der Waals surface area contributed by atoms with Gasteiger partial charge in [0, 0.05) is 24.1 Å². The van der Waals surface area contributed by atoms with Crippen LogP contribution < -0.4 is 10.5 Å². The maximum Gasteiger partial charge on any atom is 0.131 e. The summed E-state index contributed by atoms with van der Waals surface area (Å²) in [6.45, 7) is 3.78. The first-order valence-corrected chi connectivity index (χ1v) is 8.63. The lowest BCUT2D eigenvalue weighted by molar-refractivity contribution is 0.397. The van der Waals surface area contributed by atoms with Crippen LogP contribution in [-0.4, -0.2) is 25.4 Å². The number of nitrogen functional groups attached to an aromatic ring is 1. The molecule has 0 aromatic heterocycles. The van der Waals surface area contributed by atoms with Gasteiger partial charge >= 0.3 is 0 Å². The van der Waals surface area contributed by atoms with Crippen molar-refractivity contribution < 1.29 is 14.2 Å². The van der Waals surface area contributed by atoms with Crippen LogP contribution in [0.5, 0.6) is 11.5 Å². The Morgan fingerprint density at radius 2 is 1.62 bits per heavy atom. The molecule has 2 fully saturated rings. The molecule has 2 saturated heterocycles. The highest BCUT2D eigenvalue weighted by atomic mass is 16.6. The number of epoxide rings is 2. The van der Waals surface area contributed by atoms with Crippen LogP contribution in [0.1, 0.15) is 23.6 Å². The van der Waals surface area contributed by atoms with E-state index in [9.17, 15) is 0 Å². The van der Waals surface area contributed by atoms with Crippen LogP contribution in [0.4, 0.5) is 5.69 Å². The van der Waals surface area contributed by atoms with Crippen molar-refractivity contribution in [1.82, 2.24) is 0 Å². The van der Waals surface area contributed by atoms with Crippen molar-refractivity contribution in [1.29, 1.82) is 0 Å². The molecule has 24 heavy (non-hydrogen) atoms. The number of para-hydroxylation sites is 1. The van der Waals surface area contributed by atoms with Gasteiger partial charge in [-0.05, 0) is 35.7 Å². The minimum Gasteiger partial charge on any atom is -0.457 e. The molecule has 4 nitrogen and oxygen atoms in total. The van der Waals surface area contributed by atoms with Crippen LogP contribution in [0.2, 0.25) is 0 Å². The number of rotatable bonds is 7. The molecule has 2 aromatic carbocycles. The Kier molecular flexibility index (Phi) is 4.17. The van der Waals surface area contributed by atoms with Crippen molar-refractivity contribution in [2.45, 2.75) is 38.4 Å². The summed E-state index contributed by atoms with van der Waals surface area (Å²) in [6.07, 6.45) is 3.21. The Morgan fingerprint density at radius 3 is 2.29 bits per heavy atom. The van der Waals surface area contributed by atoms with Crippen molar-refractivity contribution in [2.75, 3.05) is 18.9 Å². The fourth-order valence-corrected chi connectivity index (χ4v) is 3.09. The van der Waals surface area contributed by atoms with E-state index in [-0.39, 0.29) is 6.10 Å². The molecule has 0 spiro atoms. The highest BCUT2D eigenvalue weighted by molar-refractivity contribution is 5.58. The Bertz CT molecular complexity index is 736. The van der Waals surface area contributed by atoms with Crippen molar-refractivity contribution in [3.05, 3.63) is 53.1 Å². The Hall–Kier alpha value is -2.04. The monoisotopic (exact) mass is 325 g/mol. The van der Waals surface area contributed by atoms with Crippen molar-refractivity contribution in [2.24, 2.45) is 0 Å². The van der Waals surface area contributed by atoms with Gasteiger partial charge in [0.1, 0.15) is 11.5 Å². The van der Waals surface area contributed by atoms with Gasteiger partial charge in [-0.3, -0.25) is 0 Å². The smallest absolute Gasteiger partial charge is 0.131 e. The summed E-state index contributed by atoms with van der Waals surface area (Å²) >= 11 is 0. The van der Waals surface area contributed by atoms with E-state index in [0.717, 1.165) is 55.2 Å². The molecule has 0 amide bonds. The summed E-state index contributed by atoms with van der Waals surface area (Å²) in [5, 5.41) is 0. The Labute approximate surface area is 142 Å². The van der Waals surface area contributed by atoms with Crippen LogP contribution in [0, 0.1) is 0 Å². The molecule has 0 aliphatic carbocycles. The molecular formula is C20H23NO3. The quantitative estimate of drug-likeness (QED) is 0.625. The molecule has 2 N–H and O–H groups in total. The van der Waals surface area contributed by atoms with E-state index in [1.807, 2.05) is 30.3 Å². The molecule has 2 aliphatic rings. The predicted octanol–water partition coefficient (Wildman–Crippen LogP) is 3.51. The van der Waals surface area contributed by atoms with Gasteiger partial charge in [-0.1, -0.05) is 25.1 Å². The van der Waals surface area contributed by atoms with E-state index in [4.69, 9.17) is 19.9 Å². The van der Waals surface area contributed by atoms with Gasteiger partial charge in [0.05, 0.1) is 25.4 Å².